The van der Waals surface area contributed by atoms with E-state index in [1.807, 2.05) is 17.8 Å². The second-order valence-electron chi connectivity index (χ2n) is 3.86. The van der Waals surface area contributed by atoms with Gasteiger partial charge in [-0.1, -0.05) is 31.0 Å². The van der Waals surface area contributed by atoms with Gasteiger partial charge in [-0.2, -0.15) is 0 Å². The fourth-order valence-electron chi connectivity index (χ4n) is 1.50. The Kier molecular flexibility index (Phi) is 7.51. The van der Waals surface area contributed by atoms with Crippen LogP contribution in [0, 0.1) is 0 Å². The molecule has 0 saturated carbocycles. The van der Waals surface area contributed by atoms with Gasteiger partial charge in [0.1, 0.15) is 0 Å². The van der Waals surface area contributed by atoms with E-state index < -0.39 is 0 Å². The Morgan fingerprint density at radius 2 is 1.82 bits per heavy atom. The Morgan fingerprint density at radius 3 is 2.53 bits per heavy atom. The van der Waals surface area contributed by atoms with Crippen LogP contribution in [0.25, 0.3) is 0 Å². The van der Waals surface area contributed by atoms with E-state index in [2.05, 4.69) is 24.3 Å². The molecular formula is C13H19NO2S. The number of carbonyl (C=O) groups is 1. The summed E-state index contributed by atoms with van der Waals surface area (Å²) in [6, 6.07) is 10.4. The average Bonchev–Trinajstić information content (AvgIpc) is 2.38. The normalized spacial score (nSPS) is 10.2. The van der Waals surface area contributed by atoms with Crippen LogP contribution < -0.4 is 5.48 Å². The molecule has 0 heterocycles. The van der Waals surface area contributed by atoms with Gasteiger partial charge >= 0.3 is 0 Å². The van der Waals surface area contributed by atoms with Gasteiger partial charge in [0, 0.05) is 11.3 Å². The number of rotatable bonds is 8. The van der Waals surface area contributed by atoms with Gasteiger partial charge in [-0.05, 0) is 30.7 Å². The Morgan fingerprint density at radius 1 is 1.12 bits per heavy atom. The van der Waals surface area contributed by atoms with Crippen LogP contribution in [0.3, 0.4) is 0 Å². The molecule has 3 nitrogen and oxygen atoms in total. The summed E-state index contributed by atoms with van der Waals surface area (Å²) >= 11 is 1.87. The fraction of sp³-hybridized carbons (Fsp3) is 0.462. The molecule has 0 saturated heterocycles. The van der Waals surface area contributed by atoms with Crippen molar-refractivity contribution in [2.75, 3.05) is 5.75 Å². The number of hydrogen-bond acceptors (Lipinski definition) is 3. The zero-order chi connectivity index (χ0) is 12.3. The van der Waals surface area contributed by atoms with E-state index in [0.717, 1.165) is 25.0 Å². The number of hydroxylamine groups is 1. The van der Waals surface area contributed by atoms with Gasteiger partial charge in [0.25, 0.3) is 0 Å². The summed E-state index contributed by atoms with van der Waals surface area (Å²) in [5.74, 6) is 0.833. The number of carbonyl (C=O) groups excluding carboxylic acids is 1. The van der Waals surface area contributed by atoms with E-state index in [9.17, 15) is 4.79 Å². The first kappa shape index (κ1) is 14.1. The predicted octanol–water partition coefficient (Wildman–Crippen LogP) is 3.23. The van der Waals surface area contributed by atoms with Crippen molar-refractivity contribution in [2.24, 2.45) is 0 Å². The molecule has 94 valence electrons. The number of thioether (sulfide) groups is 1. The fourth-order valence-corrected chi connectivity index (χ4v) is 2.44. The quantitative estimate of drug-likeness (QED) is 0.324. The summed E-state index contributed by atoms with van der Waals surface area (Å²) in [5, 5.41) is 8.30. The molecule has 1 aromatic carbocycles. The van der Waals surface area contributed by atoms with Gasteiger partial charge in [-0.25, -0.2) is 5.48 Å². The van der Waals surface area contributed by atoms with Crippen molar-refractivity contribution in [3.05, 3.63) is 30.3 Å². The molecule has 0 aliphatic heterocycles. The van der Waals surface area contributed by atoms with Gasteiger partial charge in [0.15, 0.2) is 0 Å². The Hall–Kier alpha value is -1.00. The summed E-state index contributed by atoms with van der Waals surface area (Å²) in [7, 11) is 0. The zero-order valence-corrected chi connectivity index (χ0v) is 10.7. The number of nitrogens with one attached hydrogen (secondary N) is 1. The second kappa shape index (κ2) is 9.07. The van der Waals surface area contributed by atoms with E-state index >= 15 is 0 Å². The van der Waals surface area contributed by atoms with Gasteiger partial charge in [0.2, 0.25) is 5.91 Å². The molecule has 1 rings (SSSR count). The van der Waals surface area contributed by atoms with Crippen molar-refractivity contribution in [3.63, 3.8) is 0 Å². The molecule has 2 N–H and O–H groups in total. The zero-order valence-electron chi connectivity index (χ0n) is 9.89. The minimum absolute atomic E-state index is 0.288. The minimum atomic E-state index is -0.288. The SMILES string of the molecule is O=C(CCCCCCSc1ccccc1)NO. The van der Waals surface area contributed by atoms with Crippen LogP contribution in [0.1, 0.15) is 32.1 Å². The van der Waals surface area contributed by atoms with Crippen LogP contribution >= 0.6 is 11.8 Å². The predicted molar refractivity (Wildman–Crippen MR) is 70.2 cm³/mol. The maximum atomic E-state index is 10.7. The Balaban J connectivity index is 1.93. The third-order valence-electron chi connectivity index (χ3n) is 2.43. The Bertz CT molecular complexity index is 316. The lowest BCUT2D eigenvalue weighted by atomic mass is 10.1. The molecule has 0 aliphatic rings. The maximum absolute atomic E-state index is 10.7. The molecule has 0 fully saturated rings. The first-order chi connectivity index (χ1) is 8.33. The summed E-state index contributed by atoms with van der Waals surface area (Å²) in [6.07, 6.45) is 4.62. The number of hydrogen-bond donors (Lipinski definition) is 2. The molecular weight excluding hydrogens is 234 g/mol. The van der Waals surface area contributed by atoms with Crippen molar-refractivity contribution in [1.82, 2.24) is 5.48 Å². The van der Waals surface area contributed by atoms with Gasteiger partial charge in [-0.15, -0.1) is 11.8 Å². The summed E-state index contributed by atoms with van der Waals surface area (Å²) in [6.45, 7) is 0. The van der Waals surface area contributed by atoms with Crippen LogP contribution in [-0.4, -0.2) is 16.9 Å². The first-order valence-corrected chi connectivity index (χ1v) is 6.92. The molecule has 0 unspecified atom stereocenters. The van der Waals surface area contributed by atoms with Crippen molar-refractivity contribution in [3.8, 4) is 0 Å². The highest BCUT2D eigenvalue weighted by Gasteiger charge is 1.98. The average molecular weight is 253 g/mol. The molecule has 0 radical (unpaired) electrons. The maximum Gasteiger partial charge on any atom is 0.243 e. The van der Waals surface area contributed by atoms with Crippen LogP contribution in [0.4, 0.5) is 0 Å². The summed E-state index contributed by atoms with van der Waals surface area (Å²) < 4.78 is 0. The molecule has 0 aliphatic carbocycles. The number of amides is 1. The molecule has 0 atom stereocenters. The third-order valence-corrected chi connectivity index (χ3v) is 3.53. The monoisotopic (exact) mass is 253 g/mol. The largest absolute Gasteiger partial charge is 0.289 e. The van der Waals surface area contributed by atoms with Crippen LogP contribution in [0.15, 0.2) is 35.2 Å². The van der Waals surface area contributed by atoms with Crippen LogP contribution in [0.5, 0.6) is 0 Å². The van der Waals surface area contributed by atoms with Crippen LogP contribution in [-0.2, 0) is 4.79 Å². The minimum Gasteiger partial charge on any atom is -0.289 e. The number of benzene rings is 1. The standard InChI is InChI=1S/C13H19NO2S/c15-13(14-16)10-6-1-2-7-11-17-12-8-4-3-5-9-12/h3-5,8-9,16H,1-2,6-7,10-11H2,(H,14,15). The van der Waals surface area contributed by atoms with Crippen LogP contribution in [0.2, 0.25) is 0 Å². The molecule has 1 amide bonds. The number of unbranched alkanes of at least 4 members (excludes halogenated alkanes) is 3. The molecule has 0 aromatic heterocycles. The highest BCUT2D eigenvalue weighted by atomic mass is 32.2. The van der Waals surface area contributed by atoms with E-state index in [4.69, 9.17) is 5.21 Å². The highest BCUT2D eigenvalue weighted by Crippen LogP contribution is 2.19. The third kappa shape index (κ3) is 7.02. The molecule has 17 heavy (non-hydrogen) atoms. The lowest BCUT2D eigenvalue weighted by Gasteiger charge is -2.02. The van der Waals surface area contributed by atoms with E-state index in [-0.39, 0.29) is 5.91 Å². The van der Waals surface area contributed by atoms with Crippen molar-refractivity contribution in [2.45, 2.75) is 37.0 Å². The molecule has 1 aromatic rings. The van der Waals surface area contributed by atoms with Crippen molar-refractivity contribution in [1.29, 1.82) is 0 Å². The topological polar surface area (TPSA) is 49.3 Å². The lowest BCUT2D eigenvalue weighted by Crippen LogP contribution is -2.17. The lowest BCUT2D eigenvalue weighted by molar-refractivity contribution is -0.129. The van der Waals surface area contributed by atoms with E-state index in [0.29, 0.717) is 6.42 Å². The Labute approximate surface area is 107 Å². The van der Waals surface area contributed by atoms with E-state index in [1.54, 1.807) is 5.48 Å². The smallest absolute Gasteiger partial charge is 0.243 e. The van der Waals surface area contributed by atoms with Crippen molar-refractivity contribution < 1.29 is 10.0 Å². The van der Waals surface area contributed by atoms with Gasteiger partial charge in [0.05, 0.1) is 0 Å². The molecule has 4 heteroatoms. The van der Waals surface area contributed by atoms with Gasteiger partial charge < -0.3 is 0 Å². The second-order valence-corrected chi connectivity index (χ2v) is 5.03. The highest BCUT2D eigenvalue weighted by molar-refractivity contribution is 7.99. The molecule has 0 spiro atoms. The van der Waals surface area contributed by atoms with Gasteiger partial charge in [-0.3, -0.25) is 10.0 Å². The van der Waals surface area contributed by atoms with E-state index in [1.165, 1.54) is 11.3 Å². The summed E-state index contributed by atoms with van der Waals surface area (Å²) in [4.78, 5) is 12.0. The summed E-state index contributed by atoms with van der Waals surface area (Å²) in [5.41, 5.74) is 1.65. The molecule has 0 bridgehead atoms. The first-order valence-electron chi connectivity index (χ1n) is 5.93. The van der Waals surface area contributed by atoms with Crippen molar-refractivity contribution >= 4 is 17.7 Å².